The maximum Gasteiger partial charge on any atom is 0.320 e. The highest BCUT2D eigenvalue weighted by atomic mass is 16.5. The van der Waals surface area contributed by atoms with Crippen molar-refractivity contribution in [3.63, 3.8) is 0 Å². The van der Waals surface area contributed by atoms with Gasteiger partial charge in [0, 0.05) is 13.1 Å². The zero-order valence-corrected chi connectivity index (χ0v) is 14.7. The molecule has 4 heteroatoms. The van der Waals surface area contributed by atoms with E-state index in [1.165, 1.54) is 11.1 Å². The smallest absolute Gasteiger partial charge is 0.320 e. The molecule has 1 heterocycles. The Hall–Kier alpha value is -2.17. The molecule has 2 aromatic carbocycles. The summed E-state index contributed by atoms with van der Waals surface area (Å²) in [4.78, 5) is 14.2. The highest BCUT2D eigenvalue weighted by Crippen LogP contribution is 2.31. The Balaban J connectivity index is 1.70. The van der Waals surface area contributed by atoms with Crippen LogP contribution in [0.15, 0.2) is 60.7 Å². The monoisotopic (exact) mass is 338 g/mol. The molecule has 0 spiro atoms. The minimum absolute atomic E-state index is 0.0318. The van der Waals surface area contributed by atoms with Gasteiger partial charge in [0.25, 0.3) is 0 Å². The van der Waals surface area contributed by atoms with E-state index in [9.17, 15) is 4.79 Å². The van der Waals surface area contributed by atoms with Crippen LogP contribution in [-0.2, 0) is 9.53 Å². The number of nitrogens with zero attached hydrogens (tertiary/aromatic N) is 1. The van der Waals surface area contributed by atoms with Gasteiger partial charge >= 0.3 is 5.97 Å². The summed E-state index contributed by atoms with van der Waals surface area (Å²) in [5.41, 5.74) is 2.61. The maximum atomic E-state index is 11.7. The Morgan fingerprint density at radius 2 is 1.56 bits per heavy atom. The molecule has 0 radical (unpaired) electrons. The van der Waals surface area contributed by atoms with Crippen LogP contribution in [0.1, 0.15) is 30.0 Å². The summed E-state index contributed by atoms with van der Waals surface area (Å²) in [7, 11) is 1.76. The van der Waals surface area contributed by atoms with Gasteiger partial charge in [-0.2, -0.15) is 0 Å². The molecule has 1 fully saturated rings. The first-order chi connectivity index (χ1) is 12.3. The molecule has 1 N–H and O–H groups in total. The molecule has 25 heavy (non-hydrogen) atoms. The minimum Gasteiger partial charge on any atom is -0.461 e. The number of nitrogens with one attached hydrogen (secondary N) is 1. The molecule has 3 rings (SSSR count). The predicted molar refractivity (Wildman–Crippen MR) is 99.3 cm³/mol. The third kappa shape index (κ3) is 4.68. The lowest BCUT2D eigenvalue weighted by Crippen LogP contribution is -2.41. The Labute approximate surface area is 149 Å². The number of rotatable bonds is 6. The van der Waals surface area contributed by atoms with Gasteiger partial charge in [-0.3, -0.25) is 9.69 Å². The fourth-order valence-electron chi connectivity index (χ4n) is 3.51. The van der Waals surface area contributed by atoms with Crippen LogP contribution in [0.4, 0.5) is 0 Å². The summed E-state index contributed by atoms with van der Waals surface area (Å²) in [6, 6.07) is 21.5. The fraction of sp³-hybridized carbons (Fsp3) is 0.381. The number of benzene rings is 2. The molecule has 1 saturated heterocycles. The first kappa shape index (κ1) is 17.6. The average molecular weight is 338 g/mol. The molecular formula is C21H26N2O2. The van der Waals surface area contributed by atoms with Crippen LogP contribution < -0.4 is 5.32 Å². The molecule has 2 aromatic rings. The van der Waals surface area contributed by atoms with E-state index in [4.69, 9.17) is 4.74 Å². The number of carbonyl (C=O) groups excluding carboxylic acids is 1. The average Bonchev–Trinajstić information content (AvgIpc) is 2.65. The van der Waals surface area contributed by atoms with Gasteiger partial charge in [0.05, 0.1) is 12.6 Å². The Morgan fingerprint density at radius 1 is 1.04 bits per heavy atom. The molecule has 1 aliphatic rings. The van der Waals surface area contributed by atoms with Crippen molar-refractivity contribution in [2.45, 2.75) is 25.0 Å². The van der Waals surface area contributed by atoms with E-state index in [-0.39, 0.29) is 24.7 Å². The van der Waals surface area contributed by atoms with Gasteiger partial charge in [0.15, 0.2) is 0 Å². The van der Waals surface area contributed by atoms with Crippen LogP contribution >= 0.6 is 0 Å². The molecule has 4 nitrogen and oxygen atoms in total. The summed E-state index contributed by atoms with van der Waals surface area (Å²) < 4.78 is 5.54. The second kappa shape index (κ2) is 8.79. The summed E-state index contributed by atoms with van der Waals surface area (Å²) >= 11 is 0. The van der Waals surface area contributed by atoms with E-state index in [0.717, 1.165) is 25.9 Å². The maximum absolute atomic E-state index is 11.7. The number of carbonyl (C=O) groups is 1. The topological polar surface area (TPSA) is 41.6 Å². The Morgan fingerprint density at radius 3 is 2.04 bits per heavy atom. The van der Waals surface area contributed by atoms with Gasteiger partial charge < -0.3 is 10.1 Å². The molecule has 0 atom stereocenters. The van der Waals surface area contributed by atoms with Gasteiger partial charge in [-0.15, -0.1) is 0 Å². The van der Waals surface area contributed by atoms with Crippen molar-refractivity contribution >= 4 is 5.97 Å². The highest BCUT2D eigenvalue weighted by molar-refractivity contribution is 5.71. The first-order valence-corrected chi connectivity index (χ1v) is 8.96. The number of likely N-dealkylation sites (N-methyl/N-ethyl adjacent to an activating group) is 1. The number of ether oxygens (including phenoxy) is 1. The lowest BCUT2D eigenvalue weighted by Gasteiger charge is -2.37. The van der Waals surface area contributed by atoms with Gasteiger partial charge in [-0.1, -0.05) is 60.7 Å². The van der Waals surface area contributed by atoms with Crippen LogP contribution in [-0.4, -0.2) is 43.7 Å². The van der Waals surface area contributed by atoms with Gasteiger partial charge in [0.2, 0.25) is 0 Å². The van der Waals surface area contributed by atoms with Crippen molar-refractivity contribution in [2.75, 3.05) is 26.7 Å². The van der Waals surface area contributed by atoms with Crippen molar-refractivity contribution in [3.05, 3.63) is 71.8 Å². The summed E-state index contributed by atoms with van der Waals surface area (Å²) in [6.07, 6.45) is 1.79. The van der Waals surface area contributed by atoms with Crippen molar-refractivity contribution in [3.8, 4) is 0 Å². The zero-order valence-electron chi connectivity index (χ0n) is 14.7. The van der Waals surface area contributed by atoms with E-state index in [1.807, 2.05) is 0 Å². The van der Waals surface area contributed by atoms with E-state index in [0.29, 0.717) is 0 Å². The quantitative estimate of drug-likeness (QED) is 0.822. The molecular weight excluding hydrogens is 312 g/mol. The highest BCUT2D eigenvalue weighted by Gasteiger charge is 2.28. The lowest BCUT2D eigenvalue weighted by atomic mass is 9.94. The Bertz CT molecular complexity index is 613. The lowest BCUT2D eigenvalue weighted by molar-refractivity contribution is -0.150. The van der Waals surface area contributed by atoms with Gasteiger partial charge in [-0.25, -0.2) is 0 Å². The Kier molecular flexibility index (Phi) is 6.20. The van der Waals surface area contributed by atoms with Crippen molar-refractivity contribution in [2.24, 2.45) is 0 Å². The molecule has 132 valence electrons. The summed E-state index contributed by atoms with van der Waals surface area (Å²) in [5, 5.41) is 2.84. The summed E-state index contributed by atoms with van der Waals surface area (Å²) in [6.45, 7) is 2.12. The number of hydrogen-bond donors (Lipinski definition) is 1. The zero-order chi connectivity index (χ0) is 17.5. The molecule has 0 unspecified atom stereocenters. The molecule has 0 aromatic heterocycles. The summed E-state index contributed by atoms with van der Waals surface area (Å²) in [5.74, 6) is -0.163. The third-order valence-electron chi connectivity index (χ3n) is 4.69. The minimum atomic E-state index is -0.163. The van der Waals surface area contributed by atoms with Gasteiger partial charge in [-0.05, 0) is 31.0 Å². The SMILES string of the molecule is CNCC(=O)OC1CCN(C(c2ccccc2)c2ccccc2)CC1. The van der Waals surface area contributed by atoms with Crippen LogP contribution in [0, 0.1) is 0 Å². The molecule has 0 saturated carbocycles. The van der Waals surface area contributed by atoms with E-state index in [1.54, 1.807) is 7.05 Å². The van der Waals surface area contributed by atoms with Crippen LogP contribution in [0.3, 0.4) is 0 Å². The number of piperidine rings is 1. The second-order valence-electron chi connectivity index (χ2n) is 6.48. The van der Waals surface area contributed by atoms with Crippen LogP contribution in [0.5, 0.6) is 0 Å². The molecule has 0 amide bonds. The third-order valence-corrected chi connectivity index (χ3v) is 4.69. The van der Waals surface area contributed by atoms with Gasteiger partial charge in [0.1, 0.15) is 6.10 Å². The first-order valence-electron chi connectivity index (χ1n) is 8.96. The number of likely N-dealkylation sites (tertiary alicyclic amines) is 1. The van der Waals surface area contributed by atoms with Crippen molar-refractivity contribution < 1.29 is 9.53 Å². The van der Waals surface area contributed by atoms with Crippen molar-refractivity contribution in [1.82, 2.24) is 10.2 Å². The predicted octanol–water partition coefficient (Wildman–Crippen LogP) is 3.00. The van der Waals surface area contributed by atoms with E-state index in [2.05, 4.69) is 70.9 Å². The second-order valence-corrected chi connectivity index (χ2v) is 6.48. The van der Waals surface area contributed by atoms with Crippen LogP contribution in [0.25, 0.3) is 0 Å². The largest absolute Gasteiger partial charge is 0.461 e. The molecule has 1 aliphatic heterocycles. The molecule has 0 aliphatic carbocycles. The van der Waals surface area contributed by atoms with E-state index < -0.39 is 0 Å². The standard InChI is InChI=1S/C21H26N2O2/c1-22-16-20(24)25-19-12-14-23(15-13-19)21(17-8-4-2-5-9-17)18-10-6-3-7-11-18/h2-11,19,21-22H,12-16H2,1H3. The van der Waals surface area contributed by atoms with Crippen molar-refractivity contribution in [1.29, 1.82) is 0 Å². The number of esters is 1. The van der Waals surface area contributed by atoms with E-state index >= 15 is 0 Å². The molecule has 0 bridgehead atoms. The fourth-order valence-corrected chi connectivity index (χ4v) is 3.51. The number of hydrogen-bond acceptors (Lipinski definition) is 4. The van der Waals surface area contributed by atoms with Crippen LogP contribution in [0.2, 0.25) is 0 Å². The normalized spacial score (nSPS) is 16.1.